The molecule has 1 aromatic carbocycles. The number of likely N-dealkylation sites (tertiary alicyclic amines) is 1. The fourth-order valence-corrected chi connectivity index (χ4v) is 2.89. The molecule has 0 amide bonds. The monoisotopic (exact) mass is 430 g/mol. The third-order valence-electron chi connectivity index (χ3n) is 4.17. The molecule has 2 N–H and O–H groups in total. The van der Waals surface area contributed by atoms with Crippen molar-refractivity contribution in [2.24, 2.45) is 4.99 Å². The second kappa shape index (κ2) is 11.7. The number of rotatable bonds is 6. The van der Waals surface area contributed by atoms with Crippen molar-refractivity contribution >= 4 is 29.9 Å². The van der Waals surface area contributed by atoms with Crippen LogP contribution in [0.4, 0.5) is 0 Å². The summed E-state index contributed by atoms with van der Waals surface area (Å²) in [6.07, 6.45) is 5.17. The number of nitrogens with zero attached hydrogens (tertiary/aromatic N) is 2. The molecule has 0 bridgehead atoms. The number of nitrogens with one attached hydrogen (secondary N) is 2. The molecule has 0 atom stereocenters. The Labute approximate surface area is 158 Å². The van der Waals surface area contributed by atoms with Crippen LogP contribution in [0.25, 0.3) is 0 Å². The number of halogens is 1. The average molecular weight is 430 g/mol. The molecule has 2 rings (SSSR count). The summed E-state index contributed by atoms with van der Waals surface area (Å²) in [5.74, 6) is 0.884. The van der Waals surface area contributed by atoms with E-state index in [2.05, 4.69) is 51.7 Å². The van der Waals surface area contributed by atoms with Gasteiger partial charge in [0.25, 0.3) is 0 Å². The van der Waals surface area contributed by atoms with Crippen LogP contribution in [0.2, 0.25) is 0 Å². The van der Waals surface area contributed by atoms with E-state index in [0.29, 0.717) is 0 Å². The standard InChI is InChI=1S/C18H30N4.HI/c1-3-11-20-18(19-2)21-14-16-9-5-6-10-17(16)15-22-12-7-4-8-13-22;/h5-6,9-10H,3-4,7-8,11-15H2,1-2H3,(H2,19,20,21);1H. The summed E-state index contributed by atoms with van der Waals surface area (Å²) in [4.78, 5) is 6.85. The molecule has 0 unspecified atom stereocenters. The maximum atomic E-state index is 4.27. The molecule has 0 aliphatic carbocycles. The zero-order chi connectivity index (χ0) is 15.6. The second-order valence-electron chi connectivity index (χ2n) is 5.96. The highest BCUT2D eigenvalue weighted by molar-refractivity contribution is 14.0. The highest BCUT2D eigenvalue weighted by Gasteiger charge is 2.12. The first-order valence-corrected chi connectivity index (χ1v) is 8.57. The molecule has 0 radical (unpaired) electrons. The predicted octanol–water partition coefficient (Wildman–Crippen LogP) is 3.37. The fourth-order valence-electron chi connectivity index (χ4n) is 2.89. The van der Waals surface area contributed by atoms with Crippen LogP contribution in [0.15, 0.2) is 29.3 Å². The van der Waals surface area contributed by atoms with Crippen molar-refractivity contribution in [1.29, 1.82) is 0 Å². The number of piperidine rings is 1. The Morgan fingerprint density at radius 2 is 1.78 bits per heavy atom. The maximum Gasteiger partial charge on any atom is 0.191 e. The van der Waals surface area contributed by atoms with Gasteiger partial charge < -0.3 is 10.6 Å². The molecular weight excluding hydrogens is 399 g/mol. The Balaban J connectivity index is 0.00000264. The fraction of sp³-hybridized carbons (Fsp3) is 0.611. The molecule has 130 valence electrons. The van der Waals surface area contributed by atoms with Gasteiger partial charge in [-0.1, -0.05) is 37.6 Å². The lowest BCUT2D eigenvalue weighted by atomic mass is 10.0. The van der Waals surface area contributed by atoms with Crippen LogP contribution in [0, 0.1) is 0 Å². The molecule has 1 fully saturated rings. The topological polar surface area (TPSA) is 39.7 Å². The first-order chi connectivity index (χ1) is 10.8. The predicted molar refractivity (Wildman–Crippen MR) is 109 cm³/mol. The van der Waals surface area contributed by atoms with Crippen molar-refractivity contribution in [1.82, 2.24) is 15.5 Å². The van der Waals surface area contributed by atoms with Gasteiger partial charge in [-0.25, -0.2) is 0 Å². The van der Waals surface area contributed by atoms with Crippen molar-refractivity contribution < 1.29 is 0 Å². The van der Waals surface area contributed by atoms with Crippen LogP contribution in [0.3, 0.4) is 0 Å². The molecule has 1 saturated heterocycles. The quantitative estimate of drug-likeness (QED) is 0.413. The van der Waals surface area contributed by atoms with E-state index in [1.807, 2.05) is 7.05 Å². The SMILES string of the molecule is CCCNC(=NC)NCc1ccccc1CN1CCCCC1.I. The molecule has 1 aromatic rings. The van der Waals surface area contributed by atoms with E-state index in [-0.39, 0.29) is 24.0 Å². The van der Waals surface area contributed by atoms with E-state index >= 15 is 0 Å². The summed E-state index contributed by atoms with van der Waals surface area (Å²) in [6, 6.07) is 8.75. The summed E-state index contributed by atoms with van der Waals surface area (Å²) < 4.78 is 0. The molecule has 1 aliphatic rings. The molecule has 1 aliphatic heterocycles. The Hall–Kier alpha value is -0.820. The van der Waals surface area contributed by atoms with Crippen LogP contribution in [0.1, 0.15) is 43.7 Å². The number of aliphatic imine (C=N–C) groups is 1. The smallest absolute Gasteiger partial charge is 0.191 e. The van der Waals surface area contributed by atoms with Gasteiger partial charge in [0.05, 0.1) is 0 Å². The van der Waals surface area contributed by atoms with Gasteiger partial charge in [0.1, 0.15) is 0 Å². The Kier molecular flexibility index (Phi) is 10.3. The summed E-state index contributed by atoms with van der Waals surface area (Å²) in [5.41, 5.74) is 2.80. The van der Waals surface area contributed by atoms with E-state index < -0.39 is 0 Å². The zero-order valence-electron chi connectivity index (χ0n) is 14.5. The number of benzene rings is 1. The molecule has 5 heteroatoms. The minimum absolute atomic E-state index is 0. The molecule has 1 heterocycles. The largest absolute Gasteiger partial charge is 0.356 e. The van der Waals surface area contributed by atoms with Gasteiger partial charge in [-0.3, -0.25) is 9.89 Å². The minimum atomic E-state index is 0. The van der Waals surface area contributed by atoms with E-state index in [9.17, 15) is 0 Å². The van der Waals surface area contributed by atoms with Crippen LogP contribution < -0.4 is 10.6 Å². The van der Waals surface area contributed by atoms with E-state index in [1.165, 1.54) is 43.5 Å². The molecule has 0 saturated carbocycles. The lowest BCUT2D eigenvalue weighted by Crippen LogP contribution is -2.37. The van der Waals surface area contributed by atoms with E-state index in [1.54, 1.807) is 0 Å². The van der Waals surface area contributed by atoms with Crippen molar-refractivity contribution in [2.75, 3.05) is 26.7 Å². The molecule has 4 nitrogen and oxygen atoms in total. The van der Waals surface area contributed by atoms with Gasteiger partial charge in [0, 0.05) is 26.7 Å². The highest BCUT2D eigenvalue weighted by Crippen LogP contribution is 2.16. The summed E-state index contributed by atoms with van der Waals surface area (Å²) in [6.45, 7) is 7.48. The Morgan fingerprint density at radius 3 is 2.43 bits per heavy atom. The Morgan fingerprint density at radius 1 is 1.09 bits per heavy atom. The first-order valence-electron chi connectivity index (χ1n) is 8.57. The highest BCUT2D eigenvalue weighted by atomic mass is 127. The molecule has 0 spiro atoms. The zero-order valence-corrected chi connectivity index (χ0v) is 16.8. The minimum Gasteiger partial charge on any atom is -0.356 e. The summed E-state index contributed by atoms with van der Waals surface area (Å²) in [7, 11) is 1.82. The van der Waals surface area contributed by atoms with Crippen LogP contribution in [0.5, 0.6) is 0 Å². The molecule has 0 aromatic heterocycles. The van der Waals surface area contributed by atoms with Gasteiger partial charge in [-0.15, -0.1) is 24.0 Å². The molecule has 23 heavy (non-hydrogen) atoms. The van der Waals surface area contributed by atoms with E-state index in [0.717, 1.165) is 32.0 Å². The third-order valence-corrected chi connectivity index (χ3v) is 4.17. The summed E-state index contributed by atoms with van der Waals surface area (Å²) in [5, 5.41) is 6.74. The lowest BCUT2D eigenvalue weighted by molar-refractivity contribution is 0.220. The third kappa shape index (κ3) is 7.08. The van der Waals surface area contributed by atoms with E-state index in [4.69, 9.17) is 0 Å². The summed E-state index contributed by atoms with van der Waals surface area (Å²) >= 11 is 0. The van der Waals surface area contributed by atoms with Crippen LogP contribution in [-0.2, 0) is 13.1 Å². The van der Waals surface area contributed by atoms with Crippen LogP contribution in [-0.4, -0.2) is 37.5 Å². The number of guanidine groups is 1. The van der Waals surface area contributed by atoms with Crippen molar-refractivity contribution in [3.05, 3.63) is 35.4 Å². The van der Waals surface area contributed by atoms with Gasteiger partial charge >= 0.3 is 0 Å². The van der Waals surface area contributed by atoms with Crippen molar-refractivity contribution in [3.8, 4) is 0 Å². The van der Waals surface area contributed by atoms with Gasteiger partial charge in [-0.05, 0) is 43.5 Å². The van der Waals surface area contributed by atoms with Crippen molar-refractivity contribution in [2.45, 2.75) is 45.7 Å². The molecular formula is C18H31IN4. The first kappa shape index (κ1) is 20.2. The Bertz CT molecular complexity index is 470. The van der Waals surface area contributed by atoms with Gasteiger partial charge in [0.2, 0.25) is 0 Å². The normalized spacial score (nSPS) is 15.8. The van der Waals surface area contributed by atoms with Crippen LogP contribution >= 0.6 is 24.0 Å². The average Bonchev–Trinajstić information content (AvgIpc) is 2.57. The van der Waals surface area contributed by atoms with Crippen molar-refractivity contribution in [3.63, 3.8) is 0 Å². The van der Waals surface area contributed by atoms with Gasteiger partial charge in [0.15, 0.2) is 5.96 Å². The number of hydrogen-bond acceptors (Lipinski definition) is 2. The maximum absolute atomic E-state index is 4.27. The second-order valence-corrected chi connectivity index (χ2v) is 5.96. The lowest BCUT2D eigenvalue weighted by Gasteiger charge is -2.27. The van der Waals surface area contributed by atoms with Gasteiger partial charge in [-0.2, -0.15) is 0 Å². The number of hydrogen-bond donors (Lipinski definition) is 2.